The second-order valence-electron chi connectivity index (χ2n) is 4.84. The summed E-state index contributed by atoms with van der Waals surface area (Å²) in [6, 6.07) is 2.43. The molecule has 0 atom stereocenters. The highest BCUT2D eigenvalue weighted by Gasteiger charge is 2.48. The zero-order valence-corrected chi connectivity index (χ0v) is 13.6. The third kappa shape index (κ3) is 4.59. The summed E-state index contributed by atoms with van der Waals surface area (Å²) < 4.78 is 79.6. The fourth-order valence-electron chi connectivity index (χ4n) is 2.05. The van der Waals surface area contributed by atoms with Crippen molar-refractivity contribution < 1.29 is 30.7 Å². The van der Waals surface area contributed by atoms with Crippen LogP contribution in [0.4, 0.5) is 17.6 Å². The molecule has 23 heavy (non-hydrogen) atoms. The van der Waals surface area contributed by atoms with E-state index >= 15 is 0 Å². The normalized spacial score (nSPS) is 17.4. The Balaban J connectivity index is 2.13. The summed E-state index contributed by atoms with van der Waals surface area (Å²) in [4.78, 5) is 0.937. The van der Waals surface area contributed by atoms with Crippen molar-refractivity contribution >= 4 is 21.6 Å². The number of thioether (sulfide) groups is 1. The van der Waals surface area contributed by atoms with E-state index in [4.69, 9.17) is 4.74 Å². The first-order valence-corrected chi connectivity index (χ1v) is 9.22. The number of ether oxygens (including phenoxy) is 1. The van der Waals surface area contributed by atoms with Gasteiger partial charge < -0.3 is 4.74 Å². The predicted molar refractivity (Wildman–Crippen MR) is 77.6 cm³/mol. The van der Waals surface area contributed by atoms with Crippen LogP contribution in [-0.4, -0.2) is 57.4 Å². The van der Waals surface area contributed by atoms with Crippen LogP contribution in [0.3, 0.4) is 0 Å². The van der Waals surface area contributed by atoms with E-state index in [-0.39, 0.29) is 4.90 Å². The molecule has 1 aliphatic rings. The number of sulfone groups is 1. The molecule has 0 bridgehead atoms. The van der Waals surface area contributed by atoms with Gasteiger partial charge in [0, 0.05) is 30.3 Å². The highest BCUT2D eigenvalue weighted by Crippen LogP contribution is 2.36. The van der Waals surface area contributed by atoms with Gasteiger partial charge >= 0.3 is 5.51 Å². The zero-order valence-electron chi connectivity index (χ0n) is 12.0. The molecule has 0 aliphatic carbocycles. The molecule has 0 aromatic heterocycles. The molecule has 0 radical (unpaired) electrons. The molecule has 0 N–H and O–H groups in total. The smallest absolute Gasteiger partial charge is 0.379 e. The van der Waals surface area contributed by atoms with Crippen molar-refractivity contribution in [2.75, 3.05) is 38.6 Å². The van der Waals surface area contributed by atoms with Crippen molar-refractivity contribution in [2.24, 2.45) is 0 Å². The minimum atomic E-state index is -5.58. The van der Waals surface area contributed by atoms with Crippen LogP contribution in [0.25, 0.3) is 0 Å². The highest BCUT2D eigenvalue weighted by atomic mass is 32.2. The average Bonchev–Trinajstić information content (AvgIpc) is 2.48. The molecule has 0 unspecified atom stereocenters. The van der Waals surface area contributed by atoms with Gasteiger partial charge in [-0.15, -0.1) is 11.8 Å². The summed E-state index contributed by atoms with van der Waals surface area (Å²) in [5.41, 5.74) is -5.46. The van der Waals surface area contributed by atoms with Crippen molar-refractivity contribution in [3.63, 3.8) is 0 Å². The Morgan fingerprint density at radius 3 is 2.48 bits per heavy atom. The molecule has 130 valence electrons. The molecule has 1 saturated heterocycles. The van der Waals surface area contributed by atoms with E-state index in [0.717, 1.165) is 37.0 Å². The molecule has 1 aromatic rings. The molecule has 10 heteroatoms. The van der Waals surface area contributed by atoms with Gasteiger partial charge in [0.05, 0.1) is 18.1 Å². The fraction of sp³-hybridized carbons (Fsp3) is 0.538. The maximum atomic E-state index is 13.2. The van der Waals surface area contributed by atoms with Crippen molar-refractivity contribution in [1.82, 2.24) is 4.90 Å². The average molecular weight is 373 g/mol. The SMILES string of the molecule is O=S(=O)(c1cc(F)ccc1SCCN1CCOCC1)C(F)(F)F. The van der Waals surface area contributed by atoms with E-state index in [2.05, 4.69) is 4.90 Å². The van der Waals surface area contributed by atoms with Gasteiger partial charge in [0.15, 0.2) is 0 Å². The molecule has 0 spiro atoms. The summed E-state index contributed by atoms with van der Waals surface area (Å²) in [5.74, 6) is -0.628. The monoisotopic (exact) mass is 373 g/mol. The Bertz CT molecular complexity index is 643. The van der Waals surface area contributed by atoms with Crippen LogP contribution in [0, 0.1) is 5.82 Å². The first kappa shape index (κ1) is 18.5. The standard InChI is InChI=1S/C13H15F4NO3S2/c14-10-1-2-11(12(9-10)23(19,20)13(15,16)17)22-8-5-18-3-6-21-7-4-18/h1-2,9H,3-8H2. The number of rotatable bonds is 5. The Hall–Kier alpha value is -0.840. The number of nitrogens with zero attached hydrogens (tertiary/aromatic N) is 1. The van der Waals surface area contributed by atoms with Gasteiger partial charge in [-0.25, -0.2) is 12.8 Å². The van der Waals surface area contributed by atoms with E-state index < -0.39 is 26.1 Å². The van der Waals surface area contributed by atoms with Crippen LogP contribution in [0.2, 0.25) is 0 Å². The lowest BCUT2D eigenvalue weighted by atomic mass is 10.3. The molecule has 1 fully saturated rings. The van der Waals surface area contributed by atoms with E-state index in [1.165, 1.54) is 0 Å². The number of alkyl halides is 3. The van der Waals surface area contributed by atoms with Gasteiger partial charge in [0.2, 0.25) is 0 Å². The topological polar surface area (TPSA) is 46.6 Å². The van der Waals surface area contributed by atoms with Crippen molar-refractivity contribution in [3.05, 3.63) is 24.0 Å². The van der Waals surface area contributed by atoms with Gasteiger partial charge in [0.25, 0.3) is 9.84 Å². The zero-order chi connectivity index (χ0) is 17.1. The number of benzene rings is 1. The molecular formula is C13H15F4NO3S2. The maximum Gasteiger partial charge on any atom is 0.501 e. The van der Waals surface area contributed by atoms with E-state index in [1.807, 2.05) is 0 Å². The second-order valence-corrected chi connectivity index (χ2v) is 7.89. The maximum absolute atomic E-state index is 13.2. The van der Waals surface area contributed by atoms with Gasteiger partial charge in [-0.3, -0.25) is 4.90 Å². The third-order valence-corrected chi connectivity index (χ3v) is 5.98. The van der Waals surface area contributed by atoms with Gasteiger partial charge in [-0.2, -0.15) is 13.2 Å². The highest BCUT2D eigenvalue weighted by molar-refractivity contribution is 8.00. The summed E-state index contributed by atoms with van der Waals surface area (Å²) >= 11 is 0.964. The molecule has 1 aliphatic heterocycles. The summed E-state index contributed by atoms with van der Waals surface area (Å²) in [7, 11) is -5.58. The van der Waals surface area contributed by atoms with Crippen molar-refractivity contribution in [1.29, 1.82) is 0 Å². The Morgan fingerprint density at radius 2 is 1.87 bits per heavy atom. The first-order valence-electron chi connectivity index (χ1n) is 6.75. The molecule has 4 nitrogen and oxygen atoms in total. The van der Waals surface area contributed by atoms with E-state index in [1.54, 1.807) is 0 Å². The van der Waals surface area contributed by atoms with Crippen molar-refractivity contribution in [2.45, 2.75) is 15.3 Å². The summed E-state index contributed by atoms with van der Waals surface area (Å²) in [5, 5.41) is 0. The number of hydrogen-bond acceptors (Lipinski definition) is 5. The molecule has 1 aromatic carbocycles. The lowest BCUT2D eigenvalue weighted by Crippen LogP contribution is -2.37. The van der Waals surface area contributed by atoms with Crippen LogP contribution < -0.4 is 0 Å². The van der Waals surface area contributed by atoms with Gasteiger partial charge in [-0.1, -0.05) is 0 Å². The molecule has 0 amide bonds. The van der Waals surface area contributed by atoms with Crippen LogP contribution >= 0.6 is 11.8 Å². The fourth-order valence-corrected chi connectivity index (χ4v) is 4.34. The quantitative estimate of drug-likeness (QED) is 0.586. The van der Waals surface area contributed by atoms with Crippen LogP contribution in [-0.2, 0) is 14.6 Å². The lowest BCUT2D eigenvalue weighted by Gasteiger charge is -2.26. The number of halogens is 4. The Kier molecular flexibility index (Phi) is 5.93. The molecule has 2 rings (SSSR count). The third-order valence-electron chi connectivity index (χ3n) is 3.27. The Morgan fingerprint density at radius 1 is 1.22 bits per heavy atom. The van der Waals surface area contributed by atoms with Gasteiger partial charge in [0.1, 0.15) is 5.82 Å². The minimum Gasteiger partial charge on any atom is -0.379 e. The van der Waals surface area contributed by atoms with E-state index in [9.17, 15) is 26.0 Å². The number of morpholine rings is 1. The molecule has 1 heterocycles. The minimum absolute atomic E-state index is 0.100. The Labute approximate surface area is 135 Å². The van der Waals surface area contributed by atoms with Crippen LogP contribution in [0.15, 0.2) is 28.0 Å². The first-order chi connectivity index (χ1) is 10.7. The van der Waals surface area contributed by atoms with Gasteiger partial charge in [-0.05, 0) is 18.2 Å². The second kappa shape index (κ2) is 7.37. The number of hydrogen-bond donors (Lipinski definition) is 0. The lowest BCUT2D eigenvalue weighted by molar-refractivity contribution is -0.0437. The van der Waals surface area contributed by atoms with Crippen LogP contribution in [0.1, 0.15) is 0 Å². The molecule has 0 saturated carbocycles. The predicted octanol–water partition coefficient (Wildman–Crippen LogP) is 2.54. The van der Waals surface area contributed by atoms with Crippen LogP contribution in [0.5, 0.6) is 0 Å². The molecular weight excluding hydrogens is 358 g/mol. The summed E-state index contributed by atoms with van der Waals surface area (Å²) in [6.45, 7) is 3.20. The summed E-state index contributed by atoms with van der Waals surface area (Å²) in [6.07, 6.45) is 0. The largest absolute Gasteiger partial charge is 0.501 e. The van der Waals surface area contributed by atoms with Crippen molar-refractivity contribution in [3.8, 4) is 0 Å². The van der Waals surface area contributed by atoms with E-state index in [0.29, 0.717) is 31.6 Å².